The zero-order valence-corrected chi connectivity index (χ0v) is 12.5. The highest BCUT2D eigenvalue weighted by atomic mass is 16.6. The van der Waals surface area contributed by atoms with Gasteiger partial charge in [0.25, 0.3) is 5.69 Å². The van der Waals surface area contributed by atoms with Crippen LogP contribution in [0.1, 0.15) is 5.69 Å². The molecule has 0 spiro atoms. The van der Waals surface area contributed by atoms with E-state index in [1.165, 1.54) is 12.3 Å². The van der Waals surface area contributed by atoms with Gasteiger partial charge in [0.1, 0.15) is 11.5 Å². The number of hydrogen-bond acceptors (Lipinski definition) is 5. The molecule has 0 saturated carbocycles. The zero-order chi connectivity index (χ0) is 17.1. The second-order valence-electron chi connectivity index (χ2n) is 5.11. The van der Waals surface area contributed by atoms with E-state index in [9.17, 15) is 14.9 Å². The van der Waals surface area contributed by atoms with Crippen molar-refractivity contribution in [3.63, 3.8) is 0 Å². The third kappa shape index (κ3) is 3.14. The molecule has 0 unspecified atom stereocenters. The summed E-state index contributed by atoms with van der Waals surface area (Å²) in [6.45, 7) is 0. The molecule has 0 aliphatic carbocycles. The molecule has 2 N–H and O–H groups in total. The largest absolute Gasteiger partial charge is 0.457 e. The summed E-state index contributed by atoms with van der Waals surface area (Å²) in [6.07, 6.45) is 1.53. The lowest BCUT2D eigenvalue weighted by Gasteiger charge is -2.10. The number of nitro benzene ring substituents is 1. The van der Waals surface area contributed by atoms with Crippen LogP contribution in [0.2, 0.25) is 0 Å². The van der Waals surface area contributed by atoms with Gasteiger partial charge >= 0.3 is 0 Å². The number of hydrogen-bond donors (Lipinski definition) is 1. The molecular weight excluding hydrogens is 310 g/mol. The number of amides is 1. The first-order valence-corrected chi connectivity index (χ1v) is 7.12. The summed E-state index contributed by atoms with van der Waals surface area (Å²) in [5.41, 5.74) is 5.67. The number of nitrogens with two attached hydrogens (primary N) is 1. The number of aromatic nitrogens is 1. The van der Waals surface area contributed by atoms with Crippen LogP contribution in [-0.2, 0) is 11.2 Å². The Labute approximate surface area is 136 Å². The van der Waals surface area contributed by atoms with Crippen LogP contribution in [0.3, 0.4) is 0 Å². The Hall–Kier alpha value is -3.48. The zero-order valence-electron chi connectivity index (χ0n) is 12.5. The number of pyridine rings is 1. The third-order valence-corrected chi connectivity index (χ3v) is 3.43. The minimum atomic E-state index is -0.486. The molecule has 0 saturated heterocycles. The van der Waals surface area contributed by atoms with Crippen molar-refractivity contribution in [2.45, 2.75) is 6.42 Å². The molecule has 0 radical (unpaired) electrons. The number of carbonyl (C=O) groups excluding carboxylic acids is 1. The maximum atomic E-state index is 11.1. The minimum Gasteiger partial charge on any atom is -0.457 e. The Kier molecular flexibility index (Phi) is 4.07. The highest BCUT2D eigenvalue weighted by molar-refractivity contribution is 5.95. The lowest BCUT2D eigenvalue weighted by Crippen LogP contribution is -2.14. The van der Waals surface area contributed by atoms with Gasteiger partial charge in [-0.2, -0.15) is 0 Å². The van der Waals surface area contributed by atoms with Crippen LogP contribution in [0.15, 0.2) is 54.7 Å². The summed E-state index contributed by atoms with van der Waals surface area (Å²) in [5.74, 6) is 0.466. The van der Waals surface area contributed by atoms with Crippen molar-refractivity contribution < 1.29 is 14.5 Å². The minimum absolute atomic E-state index is 0.0121. The van der Waals surface area contributed by atoms with E-state index in [1.54, 1.807) is 42.5 Å². The summed E-state index contributed by atoms with van der Waals surface area (Å²) in [6, 6.07) is 13.1. The lowest BCUT2D eigenvalue weighted by molar-refractivity contribution is -0.383. The van der Waals surface area contributed by atoms with Gasteiger partial charge in [-0.25, -0.2) is 0 Å². The maximum absolute atomic E-state index is 11.1. The maximum Gasteiger partial charge on any atom is 0.277 e. The quantitative estimate of drug-likeness (QED) is 0.573. The topological polar surface area (TPSA) is 108 Å². The smallest absolute Gasteiger partial charge is 0.277 e. The number of non-ortho nitro benzene ring substituents is 1. The van der Waals surface area contributed by atoms with E-state index in [0.29, 0.717) is 28.0 Å². The molecule has 1 amide bonds. The van der Waals surface area contributed by atoms with E-state index in [2.05, 4.69) is 4.98 Å². The van der Waals surface area contributed by atoms with Gasteiger partial charge in [-0.05, 0) is 18.2 Å². The first kappa shape index (κ1) is 15.4. The Morgan fingerprint density at radius 2 is 1.92 bits per heavy atom. The Morgan fingerprint density at radius 1 is 1.17 bits per heavy atom. The van der Waals surface area contributed by atoms with Crippen molar-refractivity contribution in [2.24, 2.45) is 5.73 Å². The number of nitrogens with zero attached hydrogens (tertiary/aromatic N) is 2. The van der Waals surface area contributed by atoms with Gasteiger partial charge in [0.2, 0.25) is 5.91 Å². The number of carbonyl (C=O) groups is 1. The van der Waals surface area contributed by atoms with Crippen LogP contribution in [0.5, 0.6) is 11.5 Å². The van der Waals surface area contributed by atoms with Crippen LogP contribution in [-0.4, -0.2) is 15.8 Å². The number of benzene rings is 2. The summed E-state index contributed by atoms with van der Waals surface area (Å²) < 4.78 is 5.83. The Morgan fingerprint density at radius 3 is 2.62 bits per heavy atom. The predicted octanol–water partition coefficient (Wildman–Crippen LogP) is 2.96. The van der Waals surface area contributed by atoms with Crippen molar-refractivity contribution in [1.82, 2.24) is 4.98 Å². The Balaban J connectivity index is 2.01. The van der Waals surface area contributed by atoms with E-state index in [4.69, 9.17) is 10.5 Å². The first-order chi connectivity index (χ1) is 11.5. The average molecular weight is 323 g/mol. The van der Waals surface area contributed by atoms with Gasteiger partial charge in [0.15, 0.2) is 0 Å². The van der Waals surface area contributed by atoms with E-state index in [1.807, 2.05) is 0 Å². The standard InChI is InChI=1S/C17H13N3O4/c18-17(21)10-11-9-12(7-8-19-11)24-16-6-5-15(20(22)23)13-3-1-2-4-14(13)16/h1-9H,10H2,(H2,18,21). The lowest BCUT2D eigenvalue weighted by atomic mass is 10.1. The Bertz CT molecular complexity index is 940. The molecule has 120 valence electrons. The molecule has 0 fully saturated rings. The highest BCUT2D eigenvalue weighted by Crippen LogP contribution is 2.35. The molecule has 24 heavy (non-hydrogen) atoms. The molecule has 0 atom stereocenters. The van der Waals surface area contributed by atoms with Crippen LogP contribution in [0, 0.1) is 10.1 Å². The van der Waals surface area contributed by atoms with Crippen LogP contribution < -0.4 is 10.5 Å². The fourth-order valence-electron chi connectivity index (χ4n) is 2.43. The number of rotatable bonds is 5. The normalized spacial score (nSPS) is 10.5. The molecule has 0 aliphatic rings. The molecule has 7 heteroatoms. The van der Waals surface area contributed by atoms with E-state index < -0.39 is 10.8 Å². The van der Waals surface area contributed by atoms with Crippen molar-refractivity contribution >= 4 is 22.4 Å². The first-order valence-electron chi connectivity index (χ1n) is 7.12. The predicted molar refractivity (Wildman–Crippen MR) is 87.8 cm³/mol. The fraction of sp³-hybridized carbons (Fsp3) is 0.0588. The van der Waals surface area contributed by atoms with Gasteiger partial charge in [-0.1, -0.05) is 18.2 Å². The second-order valence-corrected chi connectivity index (χ2v) is 5.11. The molecule has 1 aromatic heterocycles. The molecule has 2 aromatic carbocycles. The van der Waals surface area contributed by atoms with Gasteiger partial charge in [-0.15, -0.1) is 0 Å². The van der Waals surface area contributed by atoms with Crippen molar-refractivity contribution in [3.8, 4) is 11.5 Å². The van der Waals surface area contributed by atoms with Gasteiger partial charge in [0.05, 0.1) is 22.4 Å². The molecular formula is C17H13N3O4. The molecule has 7 nitrogen and oxygen atoms in total. The van der Waals surface area contributed by atoms with Crippen molar-refractivity contribution in [1.29, 1.82) is 0 Å². The fourth-order valence-corrected chi connectivity index (χ4v) is 2.43. The molecule has 0 aliphatic heterocycles. The molecule has 0 bridgehead atoms. The molecule has 3 aromatic rings. The number of ether oxygens (including phenoxy) is 1. The SMILES string of the molecule is NC(=O)Cc1cc(Oc2ccc([N+](=O)[O-])c3ccccc23)ccn1. The van der Waals surface area contributed by atoms with Crippen LogP contribution >= 0.6 is 0 Å². The van der Waals surface area contributed by atoms with Crippen molar-refractivity contribution in [3.05, 3.63) is 70.5 Å². The summed E-state index contributed by atoms with van der Waals surface area (Å²) in [7, 11) is 0. The van der Waals surface area contributed by atoms with E-state index in [-0.39, 0.29) is 12.1 Å². The van der Waals surface area contributed by atoms with Crippen molar-refractivity contribution in [2.75, 3.05) is 0 Å². The molecule has 3 rings (SSSR count). The van der Waals surface area contributed by atoms with Gasteiger partial charge in [0, 0.05) is 23.7 Å². The average Bonchev–Trinajstić information content (AvgIpc) is 2.54. The molecule has 1 heterocycles. The number of fused-ring (bicyclic) bond motifs is 1. The van der Waals surface area contributed by atoms with Crippen LogP contribution in [0.4, 0.5) is 5.69 Å². The van der Waals surface area contributed by atoms with Gasteiger partial charge < -0.3 is 10.5 Å². The number of nitro groups is 1. The monoisotopic (exact) mass is 323 g/mol. The summed E-state index contributed by atoms with van der Waals surface area (Å²) >= 11 is 0. The van der Waals surface area contributed by atoms with Crippen LogP contribution in [0.25, 0.3) is 10.8 Å². The van der Waals surface area contributed by atoms with Gasteiger partial charge in [-0.3, -0.25) is 19.9 Å². The van der Waals surface area contributed by atoms with E-state index in [0.717, 1.165) is 0 Å². The van der Waals surface area contributed by atoms with E-state index >= 15 is 0 Å². The summed E-state index contributed by atoms with van der Waals surface area (Å²) in [5, 5.41) is 12.3. The third-order valence-electron chi connectivity index (χ3n) is 3.43. The second kappa shape index (κ2) is 6.33. The number of primary amides is 1. The highest BCUT2D eigenvalue weighted by Gasteiger charge is 2.15. The summed E-state index contributed by atoms with van der Waals surface area (Å²) in [4.78, 5) is 25.8.